The average molecular weight is 458 g/mol. The van der Waals surface area contributed by atoms with Gasteiger partial charge in [0.25, 0.3) is 0 Å². The first kappa shape index (κ1) is 21.9. The van der Waals surface area contributed by atoms with Crippen LogP contribution < -0.4 is 9.47 Å². The van der Waals surface area contributed by atoms with Gasteiger partial charge in [0.05, 0.1) is 25.2 Å². The molecule has 1 aromatic carbocycles. The van der Waals surface area contributed by atoms with Crippen LogP contribution in [0.25, 0.3) is 11.4 Å². The number of hydrogen-bond donors (Lipinski definition) is 0. The predicted molar refractivity (Wildman–Crippen MR) is 107 cm³/mol. The van der Waals surface area contributed by atoms with Gasteiger partial charge in [0.1, 0.15) is 0 Å². The van der Waals surface area contributed by atoms with Gasteiger partial charge in [0.2, 0.25) is 11.7 Å². The van der Waals surface area contributed by atoms with Gasteiger partial charge in [0.15, 0.2) is 21.3 Å². The van der Waals surface area contributed by atoms with Crippen LogP contribution >= 0.6 is 0 Å². The molecule has 2 aromatic rings. The number of hydrogen-bond acceptors (Lipinski definition) is 9. The normalized spacial score (nSPS) is 22.1. The highest BCUT2D eigenvalue weighted by molar-refractivity contribution is 7.91. The monoisotopic (exact) mass is 458 g/mol. The summed E-state index contributed by atoms with van der Waals surface area (Å²) >= 11 is 0. The van der Waals surface area contributed by atoms with Gasteiger partial charge in [0, 0.05) is 37.8 Å². The van der Waals surface area contributed by atoms with Crippen LogP contribution in [0.15, 0.2) is 22.7 Å². The van der Waals surface area contributed by atoms with E-state index in [2.05, 4.69) is 24.7 Å². The van der Waals surface area contributed by atoms with E-state index in [1.807, 2.05) is 0 Å². The zero-order valence-electron chi connectivity index (χ0n) is 17.0. The van der Waals surface area contributed by atoms with E-state index in [-0.39, 0.29) is 29.0 Å². The lowest BCUT2D eigenvalue weighted by Crippen LogP contribution is -2.50. The lowest BCUT2D eigenvalue weighted by atomic mass is 10.2. The SMILES string of the molecule is COc1cc(-c2noc(CN3CCN([C@@H]4CCS(=O)(=O)C4)CC3)n2)ccc1OC(F)F. The van der Waals surface area contributed by atoms with Crippen LogP contribution in [0, 0.1) is 0 Å². The van der Waals surface area contributed by atoms with E-state index in [0.717, 1.165) is 26.2 Å². The summed E-state index contributed by atoms with van der Waals surface area (Å²) in [5.41, 5.74) is 0.556. The number of sulfone groups is 1. The minimum atomic E-state index is -2.95. The summed E-state index contributed by atoms with van der Waals surface area (Å²) in [6.07, 6.45) is 0.708. The molecule has 0 radical (unpaired) electrons. The molecule has 0 bridgehead atoms. The second-order valence-electron chi connectivity index (χ2n) is 7.62. The summed E-state index contributed by atoms with van der Waals surface area (Å²) in [6.45, 7) is 0.681. The van der Waals surface area contributed by atoms with E-state index >= 15 is 0 Å². The third-order valence-corrected chi connectivity index (χ3v) is 7.35. The first-order valence-corrected chi connectivity index (χ1v) is 11.8. The number of alkyl halides is 2. The molecule has 1 aromatic heterocycles. The first-order valence-electron chi connectivity index (χ1n) is 9.95. The fraction of sp³-hybridized carbons (Fsp3) is 0.579. The molecule has 3 heterocycles. The summed E-state index contributed by atoms with van der Waals surface area (Å²) in [6, 6.07) is 4.57. The number of piperazine rings is 1. The topological polar surface area (TPSA) is 98.0 Å². The maximum atomic E-state index is 12.5. The number of halogens is 2. The number of methoxy groups -OCH3 is 1. The van der Waals surface area contributed by atoms with Crippen LogP contribution in [-0.4, -0.2) is 85.8 Å². The van der Waals surface area contributed by atoms with Crippen molar-refractivity contribution in [3.05, 3.63) is 24.1 Å². The maximum absolute atomic E-state index is 12.5. The Hall–Kier alpha value is -2.31. The summed E-state index contributed by atoms with van der Waals surface area (Å²) < 4.78 is 63.3. The van der Waals surface area contributed by atoms with Gasteiger partial charge in [-0.1, -0.05) is 5.16 Å². The third-order valence-electron chi connectivity index (χ3n) is 5.60. The summed E-state index contributed by atoms with van der Waals surface area (Å²) in [5, 5.41) is 3.98. The van der Waals surface area contributed by atoms with Crippen LogP contribution in [0.2, 0.25) is 0 Å². The molecular formula is C19H24F2N4O5S. The van der Waals surface area contributed by atoms with Crippen LogP contribution in [0.5, 0.6) is 11.5 Å². The van der Waals surface area contributed by atoms with Crippen molar-refractivity contribution < 1.29 is 31.2 Å². The minimum absolute atomic E-state index is 0.0714. The van der Waals surface area contributed by atoms with Crippen LogP contribution in [-0.2, 0) is 16.4 Å². The van der Waals surface area contributed by atoms with Crippen molar-refractivity contribution in [2.24, 2.45) is 0 Å². The standard InChI is InChI=1S/C19H24F2N4O5S/c1-28-16-10-13(2-3-15(16)29-19(20)21)18-22-17(30-23-18)11-24-5-7-25(8-6-24)14-4-9-31(26,27)12-14/h2-3,10,14,19H,4-9,11-12H2,1H3/t14-/m1/s1. The molecule has 2 aliphatic heterocycles. The summed E-state index contributed by atoms with van der Waals surface area (Å²) in [4.78, 5) is 8.82. The van der Waals surface area contributed by atoms with E-state index in [4.69, 9.17) is 9.26 Å². The van der Waals surface area contributed by atoms with Crippen molar-refractivity contribution in [3.63, 3.8) is 0 Å². The molecule has 0 N–H and O–H groups in total. The number of aromatic nitrogens is 2. The van der Waals surface area contributed by atoms with E-state index in [1.165, 1.54) is 19.2 Å². The van der Waals surface area contributed by atoms with Gasteiger partial charge < -0.3 is 14.0 Å². The second kappa shape index (κ2) is 9.05. The van der Waals surface area contributed by atoms with Gasteiger partial charge in [-0.15, -0.1) is 0 Å². The molecule has 1 atom stereocenters. The van der Waals surface area contributed by atoms with Crippen LogP contribution in [0.1, 0.15) is 12.3 Å². The van der Waals surface area contributed by atoms with Crippen LogP contribution in [0.3, 0.4) is 0 Å². The third kappa shape index (κ3) is 5.31. The van der Waals surface area contributed by atoms with E-state index in [0.29, 0.717) is 30.2 Å². The fourth-order valence-electron chi connectivity index (χ4n) is 3.98. The van der Waals surface area contributed by atoms with E-state index in [1.54, 1.807) is 6.07 Å². The molecule has 2 saturated heterocycles. The first-order chi connectivity index (χ1) is 14.8. The lowest BCUT2D eigenvalue weighted by Gasteiger charge is -2.37. The van der Waals surface area contributed by atoms with Crippen molar-refractivity contribution in [2.45, 2.75) is 25.6 Å². The highest BCUT2D eigenvalue weighted by Gasteiger charge is 2.33. The molecule has 2 fully saturated rings. The molecule has 12 heteroatoms. The lowest BCUT2D eigenvalue weighted by molar-refractivity contribution is -0.0512. The van der Waals surface area contributed by atoms with Crippen molar-refractivity contribution in [1.82, 2.24) is 19.9 Å². The smallest absolute Gasteiger partial charge is 0.387 e. The quantitative estimate of drug-likeness (QED) is 0.613. The van der Waals surface area contributed by atoms with Crippen molar-refractivity contribution in [2.75, 3.05) is 44.8 Å². The van der Waals surface area contributed by atoms with Crippen molar-refractivity contribution in [3.8, 4) is 22.9 Å². The Kier molecular flexibility index (Phi) is 6.39. The van der Waals surface area contributed by atoms with Crippen LogP contribution in [0.4, 0.5) is 8.78 Å². The van der Waals surface area contributed by atoms with E-state index in [9.17, 15) is 17.2 Å². The summed E-state index contributed by atoms with van der Waals surface area (Å²) in [7, 11) is -1.53. The van der Waals surface area contributed by atoms with E-state index < -0.39 is 16.4 Å². The molecule has 170 valence electrons. The Morgan fingerprint density at radius 3 is 2.65 bits per heavy atom. The highest BCUT2D eigenvalue weighted by Crippen LogP contribution is 2.32. The average Bonchev–Trinajstić information content (AvgIpc) is 3.34. The van der Waals surface area contributed by atoms with Crippen molar-refractivity contribution >= 4 is 9.84 Å². The van der Waals surface area contributed by atoms with Gasteiger partial charge in [-0.3, -0.25) is 9.80 Å². The molecule has 0 unspecified atom stereocenters. The van der Waals surface area contributed by atoms with Gasteiger partial charge in [-0.25, -0.2) is 8.42 Å². The molecule has 4 rings (SSSR count). The van der Waals surface area contributed by atoms with Gasteiger partial charge >= 0.3 is 6.61 Å². The largest absolute Gasteiger partial charge is 0.493 e. The highest BCUT2D eigenvalue weighted by atomic mass is 32.2. The molecule has 0 saturated carbocycles. The Morgan fingerprint density at radius 1 is 1.23 bits per heavy atom. The zero-order chi connectivity index (χ0) is 22.0. The number of nitrogens with zero attached hydrogens (tertiary/aromatic N) is 4. The number of ether oxygens (including phenoxy) is 2. The Morgan fingerprint density at radius 2 is 2.00 bits per heavy atom. The molecule has 0 aliphatic carbocycles. The van der Waals surface area contributed by atoms with Gasteiger partial charge in [-0.05, 0) is 24.6 Å². The Bertz CT molecular complexity index is 1010. The second-order valence-corrected chi connectivity index (χ2v) is 9.85. The Balaban J connectivity index is 1.35. The number of benzene rings is 1. The molecule has 9 nitrogen and oxygen atoms in total. The number of rotatable bonds is 7. The molecule has 2 aliphatic rings. The van der Waals surface area contributed by atoms with Crippen molar-refractivity contribution in [1.29, 1.82) is 0 Å². The molecule has 0 spiro atoms. The maximum Gasteiger partial charge on any atom is 0.387 e. The molecule has 0 amide bonds. The predicted octanol–water partition coefficient (Wildman–Crippen LogP) is 1.65. The zero-order valence-corrected chi connectivity index (χ0v) is 17.9. The Labute approximate surface area is 178 Å². The minimum Gasteiger partial charge on any atom is -0.493 e. The fourth-order valence-corrected chi connectivity index (χ4v) is 5.74. The molecular weight excluding hydrogens is 434 g/mol. The molecule has 31 heavy (non-hydrogen) atoms. The van der Waals surface area contributed by atoms with Gasteiger partial charge in [-0.2, -0.15) is 13.8 Å². The summed E-state index contributed by atoms with van der Waals surface area (Å²) in [5.74, 6) is 1.38.